The van der Waals surface area contributed by atoms with Crippen molar-refractivity contribution < 1.29 is 15.3 Å². The molecule has 1 fully saturated rings. The quantitative estimate of drug-likeness (QED) is 0.568. The zero-order valence-electron chi connectivity index (χ0n) is 15.8. The summed E-state index contributed by atoms with van der Waals surface area (Å²) in [6.07, 6.45) is 0. The monoisotopic (exact) mass is 348 g/mol. The van der Waals surface area contributed by atoms with Gasteiger partial charge < -0.3 is 15.3 Å². The first-order valence-electron chi connectivity index (χ1n) is 7.37. The fourth-order valence-electron chi connectivity index (χ4n) is 3.44. The van der Waals surface area contributed by atoms with Gasteiger partial charge in [0.25, 0.3) is 0 Å². The van der Waals surface area contributed by atoms with E-state index in [0.717, 1.165) is 0 Å². The molecule has 0 amide bonds. The van der Waals surface area contributed by atoms with Crippen LogP contribution in [-0.4, -0.2) is 108 Å². The first kappa shape index (κ1) is 18.8. The Morgan fingerprint density at radius 2 is 0.450 bits per heavy atom. The lowest BCUT2D eigenvalue weighted by atomic mass is 11.2. The van der Waals surface area contributed by atoms with Crippen molar-refractivity contribution in [2.75, 3.05) is 56.4 Å². The Morgan fingerprint density at radius 3 is 0.550 bits per heavy atom. The molecule has 0 aromatic rings. The van der Waals surface area contributed by atoms with Crippen LogP contribution in [0.3, 0.4) is 0 Å². The predicted molar refractivity (Wildman–Crippen MR) is 94.9 cm³/mol. The van der Waals surface area contributed by atoms with Crippen LogP contribution in [0.1, 0.15) is 0 Å². The van der Waals surface area contributed by atoms with Gasteiger partial charge in [-0.25, -0.2) is 0 Å². The molecule has 0 atom stereocenters. The zero-order chi connectivity index (χ0) is 16.3. The molecule has 0 saturated carbocycles. The number of hydrogen-bond donors (Lipinski definition) is 0. The maximum Gasteiger partial charge on any atom is 0.602 e. The van der Waals surface area contributed by atoms with E-state index in [1.807, 2.05) is 0 Å². The minimum Gasteiger partial charge on any atom is -0.344 e. The molecule has 1 aliphatic rings. The minimum atomic E-state index is -0.515. The Labute approximate surface area is 134 Å². The lowest BCUT2D eigenvalue weighted by molar-refractivity contribution is -0.910. The summed E-state index contributed by atoms with van der Waals surface area (Å²) >= 11 is 0. The normalized spacial score (nSPS) is 31.8. The van der Waals surface area contributed by atoms with Gasteiger partial charge in [0.05, 0.1) is 0 Å². The first-order valence-corrected chi connectivity index (χ1v) is 14.9. The van der Waals surface area contributed by atoms with Gasteiger partial charge in [-0.1, -0.05) is 0 Å². The van der Waals surface area contributed by atoms with E-state index < -0.39 is 36.5 Å². The third-order valence-corrected chi connectivity index (χ3v) is 27.2. The Kier molecular flexibility index (Phi) is 4.80. The van der Waals surface area contributed by atoms with Gasteiger partial charge in [-0.3, -0.25) is 0 Å². The molecule has 0 unspecified atom stereocenters. The van der Waals surface area contributed by atoms with Gasteiger partial charge >= 0.3 is 36.5 Å². The summed E-state index contributed by atoms with van der Waals surface area (Å²) in [6.45, 7) is 10.3. The molecular formula is C12H36N4Si4+4. The third-order valence-electron chi connectivity index (χ3n) is 6.47. The average Bonchev–Trinajstić information content (AvgIpc) is 2.33. The fourth-order valence-corrected chi connectivity index (χ4v) is 23.1. The molecule has 0 aliphatic carbocycles. The van der Waals surface area contributed by atoms with Gasteiger partial charge in [-0.2, -0.15) is 0 Å². The van der Waals surface area contributed by atoms with Crippen LogP contribution >= 0.6 is 0 Å². The largest absolute Gasteiger partial charge is 0.602 e. The first-order chi connectivity index (χ1) is 8.62. The summed E-state index contributed by atoms with van der Waals surface area (Å²) in [7, 11) is 18.1. The van der Waals surface area contributed by atoms with E-state index in [1.165, 1.54) is 15.3 Å². The molecule has 116 valence electrons. The van der Waals surface area contributed by atoms with Crippen molar-refractivity contribution in [2.45, 2.75) is 26.2 Å². The summed E-state index contributed by atoms with van der Waals surface area (Å²) in [5, 5.41) is 0. The Hall–Kier alpha value is 0.708. The molecule has 0 aromatic heterocycles. The highest BCUT2D eigenvalue weighted by atomic mass is 28.4. The predicted octanol–water partition coefficient (Wildman–Crippen LogP) is 0.778. The molecule has 0 N–H and O–H groups in total. The van der Waals surface area contributed by atoms with Crippen molar-refractivity contribution in [3.05, 3.63) is 0 Å². The number of quaternary nitrogens is 4. The van der Waals surface area contributed by atoms with Crippen LogP contribution in [0.4, 0.5) is 0 Å². The van der Waals surface area contributed by atoms with Gasteiger partial charge in [0.1, 0.15) is 0 Å². The van der Waals surface area contributed by atoms with Crippen molar-refractivity contribution in [1.29, 1.82) is 0 Å². The second kappa shape index (κ2) is 5.12. The molecule has 1 aliphatic heterocycles. The number of hydrogen-bond acceptors (Lipinski definition) is 0. The van der Waals surface area contributed by atoms with Crippen LogP contribution in [0.2, 0.25) is 26.2 Å². The smallest absolute Gasteiger partial charge is 0.344 e. The Morgan fingerprint density at radius 1 is 0.350 bits per heavy atom. The molecule has 1 rings (SSSR count). The zero-order valence-corrected chi connectivity index (χ0v) is 19.8. The van der Waals surface area contributed by atoms with Gasteiger partial charge in [-0.05, 0) is 0 Å². The second-order valence-electron chi connectivity index (χ2n) is 8.00. The van der Waals surface area contributed by atoms with Crippen LogP contribution < -0.4 is 0 Å². The summed E-state index contributed by atoms with van der Waals surface area (Å²) in [5.41, 5.74) is 0. The van der Waals surface area contributed by atoms with Crippen LogP contribution in [0.25, 0.3) is 0 Å². The molecule has 1 saturated heterocycles. The molecule has 4 radical (unpaired) electrons. The highest BCUT2D eigenvalue weighted by molar-refractivity contribution is 6.69. The van der Waals surface area contributed by atoms with Crippen LogP contribution in [-0.2, 0) is 0 Å². The van der Waals surface area contributed by atoms with Crippen LogP contribution in [0.15, 0.2) is 0 Å². The van der Waals surface area contributed by atoms with E-state index in [9.17, 15) is 0 Å². The molecule has 0 aromatic carbocycles. The van der Waals surface area contributed by atoms with Crippen molar-refractivity contribution in [3.8, 4) is 0 Å². The lowest BCUT2D eigenvalue weighted by Gasteiger charge is -2.55. The topological polar surface area (TPSA) is 0 Å². The SMILES string of the molecule is C[Si]1[N+](C)(C)[Si](C)[N+](C)(C)[Si](C)[N+](C)(C)[Si](C)[N+]1(C)C. The van der Waals surface area contributed by atoms with E-state index in [0.29, 0.717) is 0 Å². The number of nitrogens with zero attached hydrogens (tertiary/aromatic N) is 4. The average molecular weight is 349 g/mol. The van der Waals surface area contributed by atoms with Crippen LogP contribution in [0, 0.1) is 0 Å². The highest BCUT2D eigenvalue weighted by Gasteiger charge is 2.72. The van der Waals surface area contributed by atoms with E-state index in [1.54, 1.807) is 0 Å². The van der Waals surface area contributed by atoms with Crippen molar-refractivity contribution in [1.82, 2.24) is 0 Å². The minimum absolute atomic E-state index is 0.515. The van der Waals surface area contributed by atoms with Crippen LogP contribution in [0.5, 0.6) is 0 Å². The molecular weight excluding hydrogens is 313 g/mol. The maximum atomic E-state index is 2.58. The maximum absolute atomic E-state index is 2.58. The van der Waals surface area contributed by atoms with Gasteiger partial charge in [-0.15, -0.1) is 0 Å². The summed E-state index contributed by atoms with van der Waals surface area (Å²) in [6, 6.07) is 0. The molecule has 0 spiro atoms. The third kappa shape index (κ3) is 2.47. The molecule has 8 heteroatoms. The fraction of sp³-hybridized carbons (Fsp3) is 1.00. The summed E-state index contributed by atoms with van der Waals surface area (Å²) in [4.78, 5) is 0. The summed E-state index contributed by atoms with van der Waals surface area (Å²) in [5.74, 6) is 0. The second-order valence-corrected chi connectivity index (χ2v) is 23.1. The lowest BCUT2D eigenvalue weighted by Crippen LogP contribution is -2.90. The van der Waals surface area contributed by atoms with Gasteiger partial charge in [0.15, 0.2) is 0 Å². The van der Waals surface area contributed by atoms with Crippen molar-refractivity contribution >= 4 is 36.5 Å². The highest BCUT2D eigenvalue weighted by Crippen LogP contribution is 2.30. The van der Waals surface area contributed by atoms with E-state index >= 15 is 0 Å². The van der Waals surface area contributed by atoms with Crippen molar-refractivity contribution in [2.24, 2.45) is 0 Å². The molecule has 20 heavy (non-hydrogen) atoms. The standard InChI is InChI=1S/C12H36N4Si4/c1-13(2)17(9)14(3,4)19(11)16(7,8)20(12)15(5,6)18(13)10/h1-12H3/q+4. The molecule has 0 bridgehead atoms. The van der Waals surface area contributed by atoms with Gasteiger partial charge in [0.2, 0.25) is 0 Å². The van der Waals surface area contributed by atoms with E-state index in [4.69, 9.17) is 0 Å². The molecule has 4 nitrogen and oxygen atoms in total. The van der Waals surface area contributed by atoms with E-state index in [-0.39, 0.29) is 0 Å². The van der Waals surface area contributed by atoms with Gasteiger partial charge in [0, 0.05) is 82.6 Å². The Bertz CT molecular complexity index is 288. The summed E-state index contributed by atoms with van der Waals surface area (Å²) < 4.78 is 5.22. The van der Waals surface area contributed by atoms with E-state index in [2.05, 4.69) is 82.6 Å². The molecule has 1 heterocycles. The Balaban J connectivity index is 3.53. The van der Waals surface area contributed by atoms with Crippen molar-refractivity contribution in [3.63, 3.8) is 0 Å². The number of rotatable bonds is 0.